The lowest BCUT2D eigenvalue weighted by Gasteiger charge is -2.21. The van der Waals surface area contributed by atoms with Crippen molar-refractivity contribution in [3.05, 3.63) is 92.8 Å². The van der Waals surface area contributed by atoms with Crippen LogP contribution in [0.4, 0.5) is 11.4 Å². The minimum Gasteiger partial charge on any atom is -0.485 e. The second kappa shape index (κ2) is 11.8. The molecule has 2 amide bonds. The fraction of sp³-hybridized carbons (Fsp3) is 0.148. The van der Waals surface area contributed by atoms with Gasteiger partial charge in [0.05, 0.1) is 22.9 Å². The molecule has 0 unspecified atom stereocenters. The van der Waals surface area contributed by atoms with Crippen LogP contribution in [0.15, 0.2) is 60.8 Å². The van der Waals surface area contributed by atoms with Crippen LogP contribution in [0, 0.1) is 6.92 Å². The smallest absolute Gasteiger partial charge is 0.246 e. The average molecular weight is 573 g/mol. The van der Waals surface area contributed by atoms with Crippen molar-refractivity contribution in [2.75, 3.05) is 24.2 Å². The van der Waals surface area contributed by atoms with Gasteiger partial charge in [-0.25, -0.2) is 4.98 Å². The lowest BCUT2D eigenvalue weighted by molar-refractivity contribution is -0.122. The van der Waals surface area contributed by atoms with Gasteiger partial charge < -0.3 is 20.7 Å². The number of ether oxygens (including phenoxy) is 1. The van der Waals surface area contributed by atoms with Crippen LogP contribution in [0.5, 0.6) is 5.75 Å². The summed E-state index contributed by atoms with van der Waals surface area (Å²) in [5.41, 5.74) is 9.25. The van der Waals surface area contributed by atoms with Crippen LogP contribution >= 0.6 is 34.8 Å². The quantitative estimate of drug-likeness (QED) is 0.213. The molecule has 38 heavy (non-hydrogen) atoms. The van der Waals surface area contributed by atoms with Gasteiger partial charge in [-0.2, -0.15) is 0 Å². The van der Waals surface area contributed by atoms with Crippen LogP contribution in [0.25, 0.3) is 11.7 Å². The van der Waals surface area contributed by atoms with E-state index in [2.05, 4.69) is 10.3 Å². The van der Waals surface area contributed by atoms with Gasteiger partial charge in [-0.3, -0.25) is 14.0 Å². The van der Waals surface area contributed by atoms with Crippen LogP contribution < -0.4 is 20.7 Å². The molecule has 2 aromatic carbocycles. The Morgan fingerprint density at radius 3 is 2.61 bits per heavy atom. The number of hydrogen-bond acceptors (Lipinski definition) is 5. The highest BCUT2D eigenvalue weighted by atomic mass is 35.5. The van der Waals surface area contributed by atoms with E-state index >= 15 is 0 Å². The van der Waals surface area contributed by atoms with E-state index in [0.29, 0.717) is 44.2 Å². The third kappa shape index (κ3) is 6.05. The Hall–Kier alpha value is -3.72. The molecule has 0 aliphatic heterocycles. The van der Waals surface area contributed by atoms with Crippen LogP contribution in [0.1, 0.15) is 16.8 Å². The summed E-state index contributed by atoms with van der Waals surface area (Å²) in [5, 5.41) is 3.71. The molecule has 4 aromatic rings. The largest absolute Gasteiger partial charge is 0.485 e. The Morgan fingerprint density at radius 2 is 1.87 bits per heavy atom. The van der Waals surface area contributed by atoms with Gasteiger partial charge in [-0.15, -0.1) is 0 Å². The van der Waals surface area contributed by atoms with E-state index in [1.807, 2.05) is 6.92 Å². The lowest BCUT2D eigenvalue weighted by Crippen LogP contribution is -2.37. The highest BCUT2D eigenvalue weighted by molar-refractivity contribution is 6.38. The fourth-order valence-corrected chi connectivity index (χ4v) is 4.41. The molecular weight excluding hydrogens is 549 g/mol. The summed E-state index contributed by atoms with van der Waals surface area (Å²) in [4.78, 5) is 30.8. The van der Waals surface area contributed by atoms with E-state index in [1.165, 1.54) is 11.0 Å². The average Bonchev–Trinajstić information content (AvgIpc) is 3.20. The number of likely N-dealkylation sites (N-methyl/N-ethyl adjacent to an activating group) is 1. The minimum absolute atomic E-state index is 0.0312. The van der Waals surface area contributed by atoms with Crippen molar-refractivity contribution in [1.82, 2.24) is 14.7 Å². The number of benzene rings is 2. The summed E-state index contributed by atoms with van der Waals surface area (Å²) in [7, 11) is 1.56. The maximum atomic E-state index is 12.8. The number of imidazole rings is 1. The molecule has 0 saturated carbocycles. The zero-order valence-corrected chi connectivity index (χ0v) is 22.8. The molecule has 0 atom stereocenters. The fourth-order valence-electron chi connectivity index (χ4n) is 3.62. The summed E-state index contributed by atoms with van der Waals surface area (Å²) >= 11 is 19.4. The lowest BCUT2D eigenvalue weighted by atomic mass is 10.2. The maximum absolute atomic E-state index is 12.8. The number of carbonyl (C=O) groups excluding carboxylic acids is 2. The van der Waals surface area contributed by atoms with E-state index in [4.69, 9.17) is 45.3 Å². The van der Waals surface area contributed by atoms with Gasteiger partial charge in [0.25, 0.3) is 0 Å². The van der Waals surface area contributed by atoms with Gasteiger partial charge in [0.1, 0.15) is 11.8 Å². The van der Waals surface area contributed by atoms with Crippen molar-refractivity contribution in [3.8, 4) is 5.75 Å². The van der Waals surface area contributed by atoms with Gasteiger partial charge in [-0.1, -0.05) is 46.9 Å². The number of fused-ring (bicyclic) bond motifs is 1. The Kier molecular flexibility index (Phi) is 8.46. The number of hydrogen-bond donors (Lipinski definition) is 2. The number of aryl methyl sites for hydroxylation is 1. The molecule has 4 rings (SSSR count). The van der Waals surface area contributed by atoms with Crippen molar-refractivity contribution in [2.24, 2.45) is 0 Å². The number of nitrogen functional groups attached to an aromatic ring is 1. The number of nitrogens with one attached hydrogen (secondary N) is 1. The predicted molar refractivity (Wildman–Crippen MR) is 152 cm³/mol. The van der Waals surface area contributed by atoms with Crippen LogP contribution in [0.2, 0.25) is 15.2 Å². The zero-order chi connectivity index (χ0) is 27.4. The van der Waals surface area contributed by atoms with Gasteiger partial charge >= 0.3 is 0 Å². The number of nitrogens with zero attached hydrogens (tertiary/aromatic N) is 3. The highest BCUT2D eigenvalue weighted by Gasteiger charge is 2.19. The Labute approximate surface area is 234 Å². The van der Waals surface area contributed by atoms with Crippen molar-refractivity contribution >= 4 is 69.7 Å². The molecule has 2 aromatic heterocycles. The first-order valence-corrected chi connectivity index (χ1v) is 12.6. The molecule has 0 aliphatic carbocycles. The summed E-state index contributed by atoms with van der Waals surface area (Å²) in [6, 6.07) is 13.9. The Bertz CT molecular complexity index is 1530. The zero-order valence-electron chi connectivity index (χ0n) is 20.5. The number of carbonyl (C=O) groups is 2. The molecule has 8 nitrogen and oxygen atoms in total. The number of rotatable bonds is 8. The van der Waals surface area contributed by atoms with Crippen LogP contribution in [-0.2, 0) is 16.2 Å². The topological polar surface area (TPSA) is 102 Å². The molecule has 11 heteroatoms. The molecule has 3 N–H and O–H groups in total. The number of nitrogens with two attached hydrogens (primary N) is 1. The Morgan fingerprint density at radius 1 is 1.13 bits per heavy atom. The van der Waals surface area contributed by atoms with Crippen molar-refractivity contribution in [2.45, 2.75) is 13.5 Å². The summed E-state index contributed by atoms with van der Waals surface area (Å²) < 4.78 is 7.71. The molecule has 0 spiro atoms. The maximum Gasteiger partial charge on any atom is 0.246 e. The summed E-state index contributed by atoms with van der Waals surface area (Å²) in [5.74, 6) is -0.287. The standard InChI is InChI=1S/C27H24Cl3N5O3/c1-16-26(30)35-13-3-4-22(27(35)33-16)38-15-19-20(28)10-11-21(25(19)29)34(2)24(37)14-32-23(36)12-7-17-5-8-18(31)9-6-17/h3-13H,14-15,31H2,1-2H3,(H,32,36). The molecule has 0 saturated heterocycles. The van der Waals surface area contributed by atoms with E-state index in [-0.39, 0.29) is 24.1 Å². The van der Waals surface area contributed by atoms with E-state index in [1.54, 1.807) is 72.3 Å². The minimum atomic E-state index is -0.414. The van der Waals surface area contributed by atoms with E-state index in [9.17, 15) is 9.59 Å². The molecule has 0 fully saturated rings. The van der Waals surface area contributed by atoms with Crippen LogP contribution in [-0.4, -0.2) is 34.8 Å². The highest BCUT2D eigenvalue weighted by Crippen LogP contribution is 2.35. The second-order valence-electron chi connectivity index (χ2n) is 8.37. The molecule has 0 bridgehead atoms. The molecule has 0 aliphatic rings. The summed E-state index contributed by atoms with van der Waals surface area (Å²) in [6.45, 7) is 1.61. The number of aromatic nitrogens is 2. The molecular formula is C27H24Cl3N5O3. The number of pyridine rings is 1. The van der Waals surface area contributed by atoms with Gasteiger partial charge in [-0.05, 0) is 55.0 Å². The Balaban J connectivity index is 1.42. The SMILES string of the molecule is Cc1nc2c(OCc3c(Cl)ccc(N(C)C(=O)CNC(=O)C=Cc4ccc(N)cc4)c3Cl)cccn2c1Cl. The van der Waals surface area contributed by atoms with Crippen molar-refractivity contribution in [1.29, 1.82) is 0 Å². The predicted octanol–water partition coefficient (Wildman–Crippen LogP) is 5.56. The van der Waals surface area contributed by atoms with Crippen molar-refractivity contribution in [3.63, 3.8) is 0 Å². The first-order valence-electron chi connectivity index (χ1n) is 11.5. The van der Waals surface area contributed by atoms with E-state index < -0.39 is 5.91 Å². The van der Waals surface area contributed by atoms with E-state index in [0.717, 1.165) is 5.56 Å². The molecule has 196 valence electrons. The number of anilines is 2. The molecule has 2 heterocycles. The normalized spacial score (nSPS) is 11.2. The first kappa shape index (κ1) is 27.3. The third-order valence-electron chi connectivity index (χ3n) is 5.77. The monoisotopic (exact) mass is 571 g/mol. The third-order valence-corrected chi connectivity index (χ3v) is 7.00. The number of amides is 2. The van der Waals surface area contributed by atoms with Crippen molar-refractivity contribution < 1.29 is 14.3 Å². The molecule has 0 radical (unpaired) electrons. The first-order chi connectivity index (χ1) is 18.2. The summed E-state index contributed by atoms with van der Waals surface area (Å²) in [6.07, 6.45) is 4.77. The van der Waals surface area contributed by atoms with Gasteiger partial charge in [0, 0.05) is 35.6 Å². The number of halogens is 3. The van der Waals surface area contributed by atoms with Crippen LogP contribution in [0.3, 0.4) is 0 Å². The van der Waals surface area contributed by atoms with Gasteiger partial charge in [0.15, 0.2) is 11.4 Å². The van der Waals surface area contributed by atoms with Gasteiger partial charge in [0.2, 0.25) is 11.8 Å². The second-order valence-corrected chi connectivity index (χ2v) is 9.52.